The van der Waals surface area contributed by atoms with Crippen molar-refractivity contribution in [2.75, 3.05) is 13.2 Å². The molecule has 0 spiro atoms. The minimum absolute atomic E-state index is 0.216. The van der Waals surface area contributed by atoms with E-state index in [9.17, 15) is 9.59 Å². The van der Waals surface area contributed by atoms with Gasteiger partial charge in [-0.1, -0.05) is 60.8 Å². The van der Waals surface area contributed by atoms with Crippen LogP contribution in [0.4, 0.5) is 0 Å². The molecule has 1 aromatic heterocycles. The highest BCUT2D eigenvalue weighted by atomic mass is 35.5. The van der Waals surface area contributed by atoms with E-state index in [0.29, 0.717) is 56.9 Å². The van der Waals surface area contributed by atoms with Crippen LogP contribution in [0.15, 0.2) is 71.5 Å². The van der Waals surface area contributed by atoms with Crippen molar-refractivity contribution in [1.82, 2.24) is 14.5 Å². The highest BCUT2D eigenvalue weighted by molar-refractivity contribution is 6.42. The Balaban J connectivity index is 1.93. The van der Waals surface area contributed by atoms with Crippen molar-refractivity contribution in [2.24, 2.45) is 0 Å². The molecule has 0 aliphatic rings. The summed E-state index contributed by atoms with van der Waals surface area (Å²) in [5.41, 5.74) is 1.34. The molecule has 0 aliphatic carbocycles. The van der Waals surface area contributed by atoms with Gasteiger partial charge in [-0.3, -0.25) is 14.2 Å². The van der Waals surface area contributed by atoms with Crippen molar-refractivity contribution < 1.29 is 9.53 Å². The zero-order chi connectivity index (χ0) is 26.5. The Morgan fingerprint density at radius 1 is 1.03 bits per heavy atom. The van der Waals surface area contributed by atoms with Gasteiger partial charge in [0.2, 0.25) is 0 Å². The fourth-order valence-corrected chi connectivity index (χ4v) is 4.61. The Kier molecular flexibility index (Phi) is 8.52. The van der Waals surface area contributed by atoms with E-state index in [-0.39, 0.29) is 11.5 Å². The van der Waals surface area contributed by atoms with Gasteiger partial charge in [-0.2, -0.15) is 0 Å². The molecule has 37 heavy (non-hydrogen) atoms. The molecule has 0 fully saturated rings. The smallest absolute Gasteiger partial charge is 0.266 e. The van der Waals surface area contributed by atoms with Gasteiger partial charge in [0.25, 0.3) is 11.5 Å². The van der Waals surface area contributed by atoms with Gasteiger partial charge >= 0.3 is 0 Å². The lowest BCUT2D eigenvalue weighted by Crippen LogP contribution is -2.38. The van der Waals surface area contributed by atoms with E-state index in [1.807, 2.05) is 56.3 Å². The van der Waals surface area contributed by atoms with Gasteiger partial charge < -0.3 is 9.64 Å². The van der Waals surface area contributed by atoms with E-state index in [4.69, 9.17) is 32.9 Å². The van der Waals surface area contributed by atoms with Gasteiger partial charge in [0, 0.05) is 12.1 Å². The molecule has 1 heterocycles. The number of fused-ring (bicyclic) bond motifs is 1. The summed E-state index contributed by atoms with van der Waals surface area (Å²) in [5, 5.41) is 1.17. The average Bonchev–Trinajstić information content (AvgIpc) is 2.91. The number of carbonyl (C=O) groups is 1. The van der Waals surface area contributed by atoms with Crippen molar-refractivity contribution in [3.05, 3.63) is 98.5 Å². The molecule has 0 aliphatic heterocycles. The molecule has 4 aromatic rings. The highest BCUT2D eigenvalue weighted by Crippen LogP contribution is 2.30. The van der Waals surface area contributed by atoms with E-state index in [0.717, 1.165) is 12.8 Å². The number of halogens is 2. The van der Waals surface area contributed by atoms with Crippen molar-refractivity contribution in [3.8, 4) is 11.4 Å². The minimum Gasteiger partial charge on any atom is -0.492 e. The van der Waals surface area contributed by atoms with Gasteiger partial charge in [-0.05, 0) is 62.7 Å². The second kappa shape index (κ2) is 11.8. The monoisotopic (exact) mass is 537 g/mol. The summed E-state index contributed by atoms with van der Waals surface area (Å²) in [4.78, 5) is 34.3. The molecule has 0 radical (unpaired) electrons. The van der Waals surface area contributed by atoms with Crippen LogP contribution in [0.5, 0.6) is 5.75 Å². The average molecular weight is 538 g/mol. The lowest BCUT2D eigenvalue weighted by Gasteiger charge is -2.31. The predicted octanol–water partition coefficient (Wildman–Crippen LogP) is 7.09. The van der Waals surface area contributed by atoms with Crippen LogP contribution in [0.1, 0.15) is 55.8 Å². The van der Waals surface area contributed by atoms with Crippen molar-refractivity contribution in [2.45, 2.75) is 39.7 Å². The van der Waals surface area contributed by atoms with E-state index in [2.05, 4.69) is 6.92 Å². The molecule has 0 N–H and O–H groups in total. The number of aromatic nitrogens is 2. The number of unbranched alkanes of at least 4 members (excludes halogenated alkanes) is 1. The standard InChI is InChI=1S/C29H29Cl2N3O3/c1-4-6-17-33(28(35)20-15-16-22(30)23(31)18-20)19(3)27-32-24-12-8-7-11-21(24)29(36)34(27)25-13-9-10-14-26(25)37-5-2/h7-16,18-19H,4-6,17H2,1-3H3. The zero-order valence-corrected chi connectivity index (χ0v) is 22.6. The third kappa shape index (κ3) is 5.50. The van der Waals surface area contributed by atoms with E-state index < -0.39 is 6.04 Å². The van der Waals surface area contributed by atoms with Crippen LogP contribution in [-0.4, -0.2) is 33.5 Å². The lowest BCUT2D eigenvalue weighted by atomic mass is 10.1. The Bertz CT molecular complexity index is 1490. The summed E-state index contributed by atoms with van der Waals surface area (Å²) in [6, 6.07) is 18.9. The van der Waals surface area contributed by atoms with Crippen LogP contribution in [0.25, 0.3) is 16.6 Å². The summed E-state index contributed by atoms with van der Waals surface area (Å²) >= 11 is 12.3. The first kappa shape index (κ1) is 26.7. The Labute approximate surface area is 226 Å². The number of amides is 1. The number of benzene rings is 3. The van der Waals surface area contributed by atoms with Crippen LogP contribution >= 0.6 is 23.2 Å². The number of hydrogen-bond acceptors (Lipinski definition) is 4. The van der Waals surface area contributed by atoms with Gasteiger partial charge in [-0.25, -0.2) is 4.98 Å². The van der Waals surface area contributed by atoms with Crippen LogP contribution in [-0.2, 0) is 0 Å². The number of nitrogens with zero attached hydrogens (tertiary/aromatic N) is 3. The topological polar surface area (TPSA) is 64.4 Å². The molecule has 3 aromatic carbocycles. The maximum Gasteiger partial charge on any atom is 0.266 e. The molecule has 1 atom stereocenters. The van der Waals surface area contributed by atoms with E-state index in [1.54, 1.807) is 33.7 Å². The lowest BCUT2D eigenvalue weighted by molar-refractivity contribution is 0.0678. The number of hydrogen-bond donors (Lipinski definition) is 0. The molecule has 4 rings (SSSR count). The van der Waals surface area contributed by atoms with Gasteiger partial charge in [0.05, 0.1) is 39.3 Å². The summed E-state index contributed by atoms with van der Waals surface area (Å²) in [5.74, 6) is 0.792. The van der Waals surface area contributed by atoms with Crippen molar-refractivity contribution in [3.63, 3.8) is 0 Å². The third-order valence-electron chi connectivity index (χ3n) is 6.23. The Hall–Kier alpha value is -3.35. The zero-order valence-electron chi connectivity index (χ0n) is 21.1. The Morgan fingerprint density at radius 2 is 1.76 bits per heavy atom. The first-order valence-electron chi connectivity index (χ1n) is 12.4. The normalized spacial score (nSPS) is 11.9. The molecular formula is C29H29Cl2N3O3. The molecule has 6 nitrogen and oxygen atoms in total. The second-order valence-electron chi connectivity index (χ2n) is 8.69. The first-order valence-corrected chi connectivity index (χ1v) is 13.1. The number of ether oxygens (including phenoxy) is 1. The molecule has 192 valence electrons. The maximum absolute atomic E-state index is 13.9. The molecule has 1 unspecified atom stereocenters. The molecule has 0 bridgehead atoms. The summed E-state index contributed by atoms with van der Waals surface area (Å²) in [7, 11) is 0. The third-order valence-corrected chi connectivity index (χ3v) is 6.97. The molecule has 0 saturated carbocycles. The van der Waals surface area contributed by atoms with E-state index in [1.165, 1.54) is 0 Å². The summed E-state index contributed by atoms with van der Waals surface area (Å²) < 4.78 is 7.43. The van der Waals surface area contributed by atoms with Crippen LogP contribution < -0.4 is 10.3 Å². The fraction of sp³-hybridized carbons (Fsp3) is 0.276. The fourth-order valence-electron chi connectivity index (χ4n) is 4.32. The van der Waals surface area contributed by atoms with Crippen LogP contribution in [0, 0.1) is 0 Å². The predicted molar refractivity (Wildman–Crippen MR) is 149 cm³/mol. The first-order chi connectivity index (χ1) is 17.9. The quantitative estimate of drug-likeness (QED) is 0.228. The molecular weight excluding hydrogens is 509 g/mol. The molecule has 8 heteroatoms. The van der Waals surface area contributed by atoms with Crippen molar-refractivity contribution >= 4 is 40.0 Å². The number of para-hydroxylation sites is 3. The van der Waals surface area contributed by atoms with Crippen molar-refractivity contribution in [1.29, 1.82) is 0 Å². The highest BCUT2D eigenvalue weighted by Gasteiger charge is 2.28. The SMILES string of the molecule is CCCCN(C(=O)c1ccc(Cl)c(Cl)c1)C(C)c1nc2ccccc2c(=O)n1-c1ccccc1OCC. The van der Waals surface area contributed by atoms with Crippen LogP contribution in [0.3, 0.4) is 0 Å². The summed E-state index contributed by atoms with van der Waals surface area (Å²) in [6.07, 6.45) is 1.67. The minimum atomic E-state index is -0.541. The van der Waals surface area contributed by atoms with E-state index >= 15 is 0 Å². The number of carbonyl (C=O) groups excluding carboxylic acids is 1. The number of rotatable bonds is 9. The maximum atomic E-state index is 13.9. The molecule has 0 saturated heterocycles. The largest absolute Gasteiger partial charge is 0.492 e. The second-order valence-corrected chi connectivity index (χ2v) is 9.50. The summed E-state index contributed by atoms with van der Waals surface area (Å²) in [6.45, 7) is 6.77. The van der Waals surface area contributed by atoms with Crippen LogP contribution in [0.2, 0.25) is 10.0 Å². The van der Waals surface area contributed by atoms with Gasteiger partial charge in [-0.15, -0.1) is 0 Å². The van der Waals surface area contributed by atoms with Gasteiger partial charge in [0.1, 0.15) is 11.6 Å². The molecule has 1 amide bonds. The van der Waals surface area contributed by atoms with Gasteiger partial charge in [0.15, 0.2) is 0 Å². The Morgan fingerprint density at radius 3 is 2.49 bits per heavy atom.